The molecule has 0 bridgehead atoms. The molecule has 0 aliphatic heterocycles. The van der Waals surface area contributed by atoms with Crippen LogP contribution in [0.4, 0.5) is 0 Å². The lowest BCUT2D eigenvalue weighted by molar-refractivity contribution is -0.213. The van der Waals surface area contributed by atoms with Crippen LogP contribution in [0.15, 0.2) is 0 Å². The molecular weight excluding hydrogens is 167 g/mol. The molecule has 1 aliphatic carbocycles. The third-order valence-electron chi connectivity index (χ3n) is 2.18. The fourth-order valence-corrected chi connectivity index (χ4v) is 2.28. The zero-order chi connectivity index (χ0) is 8.54. The normalized spacial score (nSPS) is 29.4. The molecular formula is C6H12O4P-. The van der Waals surface area contributed by atoms with E-state index in [9.17, 15) is 14.6 Å². The highest BCUT2D eigenvalue weighted by molar-refractivity contribution is 7.51. The molecule has 1 atom stereocenters. The van der Waals surface area contributed by atoms with Crippen LogP contribution in [0.3, 0.4) is 0 Å². The van der Waals surface area contributed by atoms with Gasteiger partial charge in [-0.1, -0.05) is 19.3 Å². The highest BCUT2D eigenvalue weighted by Gasteiger charge is 2.38. The molecule has 2 N–H and O–H groups in total. The molecule has 0 heterocycles. The Bertz CT molecular complexity index is 179. The van der Waals surface area contributed by atoms with Gasteiger partial charge < -0.3 is 19.5 Å². The van der Waals surface area contributed by atoms with E-state index in [-0.39, 0.29) is 12.8 Å². The Morgan fingerprint density at radius 1 is 1.27 bits per heavy atom. The number of aliphatic hydroxyl groups is 1. The van der Waals surface area contributed by atoms with Crippen molar-refractivity contribution in [1.29, 1.82) is 0 Å². The number of hydrogen-bond donors (Lipinski definition) is 2. The highest BCUT2D eigenvalue weighted by atomic mass is 31.2. The molecule has 1 unspecified atom stereocenters. The summed E-state index contributed by atoms with van der Waals surface area (Å²) in [6, 6.07) is 0. The minimum Gasteiger partial charge on any atom is -0.777 e. The van der Waals surface area contributed by atoms with Gasteiger partial charge in [0, 0.05) is 0 Å². The van der Waals surface area contributed by atoms with Crippen molar-refractivity contribution in [2.24, 2.45) is 0 Å². The van der Waals surface area contributed by atoms with Crippen LogP contribution in [0.25, 0.3) is 0 Å². The first-order valence-corrected chi connectivity index (χ1v) is 5.30. The predicted molar refractivity (Wildman–Crippen MR) is 37.9 cm³/mol. The van der Waals surface area contributed by atoms with E-state index in [0.717, 1.165) is 6.42 Å². The van der Waals surface area contributed by atoms with Gasteiger partial charge in [-0.05, 0) is 12.8 Å². The third kappa shape index (κ3) is 1.82. The summed E-state index contributed by atoms with van der Waals surface area (Å²) in [4.78, 5) is 19.3. The van der Waals surface area contributed by atoms with Gasteiger partial charge in [-0.15, -0.1) is 0 Å². The van der Waals surface area contributed by atoms with Crippen LogP contribution in [0, 0.1) is 0 Å². The maximum absolute atomic E-state index is 10.6. The molecule has 1 fully saturated rings. The summed E-state index contributed by atoms with van der Waals surface area (Å²) in [5, 5.41) is 7.55. The van der Waals surface area contributed by atoms with Gasteiger partial charge in [0.25, 0.3) is 0 Å². The van der Waals surface area contributed by atoms with Crippen molar-refractivity contribution >= 4 is 7.60 Å². The first-order valence-electron chi connectivity index (χ1n) is 3.72. The van der Waals surface area contributed by atoms with Gasteiger partial charge >= 0.3 is 0 Å². The molecule has 0 radical (unpaired) electrons. The molecule has 0 spiro atoms. The molecule has 5 heteroatoms. The van der Waals surface area contributed by atoms with E-state index in [1.54, 1.807) is 0 Å². The number of rotatable bonds is 1. The van der Waals surface area contributed by atoms with Crippen LogP contribution in [0.5, 0.6) is 0 Å². The van der Waals surface area contributed by atoms with Crippen molar-refractivity contribution in [1.82, 2.24) is 0 Å². The van der Waals surface area contributed by atoms with Gasteiger partial charge in [0.2, 0.25) is 0 Å². The second kappa shape index (κ2) is 2.87. The SMILES string of the molecule is O=P([O-])(O)C1(O)CCCCC1. The van der Waals surface area contributed by atoms with Gasteiger partial charge in [-0.3, -0.25) is 0 Å². The molecule has 0 aromatic rings. The quantitative estimate of drug-likeness (QED) is 0.563. The van der Waals surface area contributed by atoms with E-state index in [0.29, 0.717) is 12.8 Å². The van der Waals surface area contributed by atoms with Crippen LogP contribution >= 0.6 is 7.60 Å². The monoisotopic (exact) mass is 179 g/mol. The van der Waals surface area contributed by atoms with E-state index in [1.807, 2.05) is 0 Å². The molecule has 1 rings (SSSR count). The molecule has 0 amide bonds. The van der Waals surface area contributed by atoms with Crippen LogP contribution in [-0.2, 0) is 4.57 Å². The van der Waals surface area contributed by atoms with E-state index in [2.05, 4.69) is 0 Å². The van der Waals surface area contributed by atoms with Gasteiger partial charge in [0.15, 0.2) is 7.60 Å². The minimum absolute atomic E-state index is 0.171. The summed E-state index contributed by atoms with van der Waals surface area (Å²) < 4.78 is 10.6. The smallest absolute Gasteiger partial charge is 0.163 e. The fourth-order valence-electron chi connectivity index (χ4n) is 1.40. The Hall–Kier alpha value is 0.110. The summed E-state index contributed by atoms with van der Waals surface area (Å²) in [6.45, 7) is 0. The van der Waals surface area contributed by atoms with Crippen LogP contribution in [0.1, 0.15) is 32.1 Å². The zero-order valence-corrected chi connectivity index (χ0v) is 7.09. The summed E-state index contributed by atoms with van der Waals surface area (Å²) in [6.07, 6.45) is 2.61. The average molecular weight is 179 g/mol. The lowest BCUT2D eigenvalue weighted by Gasteiger charge is -2.39. The maximum Gasteiger partial charge on any atom is 0.163 e. The zero-order valence-electron chi connectivity index (χ0n) is 6.19. The standard InChI is InChI=1S/C6H13O4P/c7-6(11(8,9)10)4-2-1-3-5-6/h7H,1-5H2,(H2,8,9,10)/p-1. The Labute approximate surface area is 65.4 Å². The van der Waals surface area contributed by atoms with Crippen molar-refractivity contribution in [2.75, 3.05) is 0 Å². The Balaban J connectivity index is 2.72. The Kier molecular flexibility index (Phi) is 2.40. The lowest BCUT2D eigenvalue weighted by atomic mass is 9.97. The fraction of sp³-hybridized carbons (Fsp3) is 1.00. The maximum atomic E-state index is 10.6. The summed E-state index contributed by atoms with van der Waals surface area (Å²) >= 11 is 0. The van der Waals surface area contributed by atoms with E-state index in [1.165, 1.54) is 0 Å². The van der Waals surface area contributed by atoms with Crippen molar-refractivity contribution in [3.63, 3.8) is 0 Å². The first-order chi connectivity index (χ1) is 4.96. The molecule has 11 heavy (non-hydrogen) atoms. The third-order valence-corrected chi connectivity index (χ3v) is 3.68. The lowest BCUT2D eigenvalue weighted by Crippen LogP contribution is -2.35. The van der Waals surface area contributed by atoms with Gasteiger partial charge in [0.1, 0.15) is 5.34 Å². The highest BCUT2D eigenvalue weighted by Crippen LogP contribution is 2.52. The number of hydrogen-bond acceptors (Lipinski definition) is 3. The van der Waals surface area contributed by atoms with Gasteiger partial charge in [0.05, 0.1) is 0 Å². The van der Waals surface area contributed by atoms with Crippen molar-refractivity contribution < 1.29 is 19.5 Å². The van der Waals surface area contributed by atoms with Gasteiger partial charge in [-0.2, -0.15) is 0 Å². The van der Waals surface area contributed by atoms with E-state index in [4.69, 9.17) is 4.89 Å². The van der Waals surface area contributed by atoms with Gasteiger partial charge in [-0.25, -0.2) is 0 Å². The van der Waals surface area contributed by atoms with Crippen molar-refractivity contribution in [3.05, 3.63) is 0 Å². The first kappa shape index (κ1) is 9.20. The Morgan fingerprint density at radius 2 is 1.73 bits per heavy atom. The molecule has 4 nitrogen and oxygen atoms in total. The average Bonchev–Trinajstić information content (AvgIpc) is 1.87. The molecule has 0 saturated heterocycles. The summed E-state index contributed by atoms with van der Waals surface area (Å²) in [7, 11) is -4.55. The largest absolute Gasteiger partial charge is 0.777 e. The van der Waals surface area contributed by atoms with E-state index < -0.39 is 12.9 Å². The summed E-state index contributed by atoms with van der Waals surface area (Å²) in [5.41, 5.74) is 0. The van der Waals surface area contributed by atoms with E-state index >= 15 is 0 Å². The molecule has 0 aromatic carbocycles. The summed E-state index contributed by atoms with van der Waals surface area (Å²) in [5.74, 6) is 0. The van der Waals surface area contributed by atoms with Crippen LogP contribution in [0.2, 0.25) is 0 Å². The second-order valence-corrected chi connectivity index (χ2v) is 4.94. The predicted octanol–water partition coefficient (Wildman–Crippen LogP) is 0.185. The van der Waals surface area contributed by atoms with Crippen molar-refractivity contribution in [2.45, 2.75) is 37.4 Å². The van der Waals surface area contributed by atoms with Crippen molar-refractivity contribution in [3.8, 4) is 0 Å². The molecule has 1 aliphatic rings. The minimum atomic E-state index is -4.55. The molecule has 66 valence electrons. The van der Waals surface area contributed by atoms with Crippen LogP contribution < -0.4 is 4.89 Å². The second-order valence-electron chi connectivity index (χ2n) is 3.06. The molecule has 0 aromatic heterocycles. The topological polar surface area (TPSA) is 80.6 Å². The van der Waals surface area contributed by atoms with Crippen LogP contribution in [-0.4, -0.2) is 15.3 Å². The molecule has 1 saturated carbocycles. The Morgan fingerprint density at radius 3 is 2.00 bits per heavy atom.